The van der Waals surface area contributed by atoms with Crippen molar-refractivity contribution in [2.24, 2.45) is 11.8 Å². The molecule has 2 unspecified atom stereocenters. The Morgan fingerprint density at radius 2 is 1.87 bits per heavy atom. The fourth-order valence-electron chi connectivity index (χ4n) is 6.55. The predicted molar refractivity (Wildman–Crippen MR) is 156 cm³/mol. The third-order valence-corrected chi connectivity index (χ3v) is 10.2. The number of esters is 1. The number of ether oxygens (including phenoxy) is 1. The Morgan fingerprint density at radius 1 is 1.18 bits per heavy atom. The number of hydrogen-bond donors (Lipinski definition) is 1. The van der Waals surface area contributed by atoms with Gasteiger partial charge in [-0.2, -0.15) is 0 Å². The summed E-state index contributed by atoms with van der Waals surface area (Å²) in [5, 5.41) is 9.53. The number of carbonyl (C=O) groups excluding carboxylic acids is 3. The monoisotopic (exact) mass is 555 g/mol. The first kappa shape index (κ1) is 29.2. The molecule has 3 saturated heterocycles. The van der Waals surface area contributed by atoms with E-state index in [0.29, 0.717) is 25.8 Å². The standard InChI is InChI=1S/C30H41N3O5S/c1-5-9-20-38-29(37)24-23-15-16-30(39-23)25(24)27(35)33(18-10-19-34)26(30)28(36)32(17-6-2)22-13-11-21(12-14-22)31(7-3)8-4/h5-6,11-14,23-26,34H,1-2,7-10,15-20H2,3-4H3/t23-,24+,25-,26?,30?/m0/s1. The summed E-state index contributed by atoms with van der Waals surface area (Å²) in [6, 6.07) is 7.18. The van der Waals surface area contributed by atoms with Crippen LogP contribution in [0.5, 0.6) is 0 Å². The molecule has 0 radical (unpaired) electrons. The highest BCUT2D eigenvalue weighted by atomic mass is 32.2. The van der Waals surface area contributed by atoms with E-state index in [1.165, 1.54) is 0 Å². The number of aliphatic hydroxyl groups excluding tert-OH is 1. The van der Waals surface area contributed by atoms with Crippen LogP contribution >= 0.6 is 11.8 Å². The molecule has 1 aromatic carbocycles. The molecule has 3 aliphatic rings. The van der Waals surface area contributed by atoms with Crippen molar-refractivity contribution in [1.29, 1.82) is 0 Å². The highest BCUT2D eigenvalue weighted by molar-refractivity contribution is 8.02. The van der Waals surface area contributed by atoms with Crippen molar-refractivity contribution in [3.63, 3.8) is 0 Å². The molecular weight excluding hydrogens is 514 g/mol. The number of likely N-dealkylation sites (tertiary alicyclic amines) is 1. The molecule has 0 aliphatic carbocycles. The number of rotatable bonds is 14. The summed E-state index contributed by atoms with van der Waals surface area (Å²) in [4.78, 5) is 47.2. The summed E-state index contributed by atoms with van der Waals surface area (Å²) in [7, 11) is 0. The highest BCUT2D eigenvalue weighted by Gasteiger charge is 2.74. The number of aliphatic hydroxyl groups is 1. The summed E-state index contributed by atoms with van der Waals surface area (Å²) in [5.74, 6) is -1.90. The summed E-state index contributed by atoms with van der Waals surface area (Å²) in [6.45, 7) is 14.2. The molecule has 9 heteroatoms. The van der Waals surface area contributed by atoms with Crippen molar-refractivity contribution in [3.05, 3.63) is 49.6 Å². The Labute approximate surface area is 236 Å². The molecule has 212 valence electrons. The second kappa shape index (κ2) is 12.6. The van der Waals surface area contributed by atoms with Gasteiger partial charge in [0.15, 0.2) is 0 Å². The molecule has 1 N–H and O–H groups in total. The lowest BCUT2D eigenvalue weighted by Gasteiger charge is -2.37. The number of fused-ring (bicyclic) bond motifs is 1. The van der Waals surface area contributed by atoms with Crippen LogP contribution in [0.3, 0.4) is 0 Å². The van der Waals surface area contributed by atoms with Gasteiger partial charge >= 0.3 is 5.97 Å². The molecule has 5 atom stereocenters. The topological polar surface area (TPSA) is 90.4 Å². The number of carbonyl (C=O) groups is 3. The number of nitrogens with zero attached hydrogens (tertiary/aromatic N) is 3. The van der Waals surface area contributed by atoms with Crippen LogP contribution < -0.4 is 9.80 Å². The van der Waals surface area contributed by atoms with Crippen LogP contribution in [0.15, 0.2) is 49.6 Å². The largest absolute Gasteiger partial charge is 0.465 e. The second-order valence-corrected chi connectivity index (χ2v) is 11.9. The summed E-state index contributed by atoms with van der Waals surface area (Å²) in [5.41, 5.74) is 1.82. The molecule has 3 heterocycles. The first-order valence-electron chi connectivity index (χ1n) is 14.0. The smallest absolute Gasteiger partial charge is 0.310 e. The molecule has 2 amide bonds. The van der Waals surface area contributed by atoms with E-state index < -0.39 is 22.6 Å². The summed E-state index contributed by atoms with van der Waals surface area (Å²) in [6.07, 6.45) is 5.74. The molecule has 2 bridgehead atoms. The molecule has 1 aromatic rings. The Bertz CT molecular complexity index is 1070. The SMILES string of the molecule is C=CCCOC(=O)[C@@H]1[C@@H]2CCC3(S2)C(C(=O)N(CC=C)c2ccc(N(CC)CC)cc2)N(CCCO)C(=O)[C@H]13. The van der Waals surface area contributed by atoms with E-state index in [2.05, 4.69) is 31.9 Å². The zero-order chi connectivity index (χ0) is 28.2. The van der Waals surface area contributed by atoms with Gasteiger partial charge in [0.25, 0.3) is 5.91 Å². The first-order valence-corrected chi connectivity index (χ1v) is 14.9. The molecule has 3 aliphatic heterocycles. The third kappa shape index (κ3) is 5.23. The molecular formula is C30H41N3O5S. The Balaban J connectivity index is 1.68. The number of benzene rings is 1. The van der Waals surface area contributed by atoms with Gasteiger partial charge in [-0.05, 0) is 63.8 Å². The van der Waals surface area contributed by atoms with Gasteiger partial charge in [0.2, 0.25) is 5.91 Å². The zero-order valence-corrected chi connectivity index (χ0v) is 23.9. The average Bonchev–Trinajstić information content (AvgIpc) is 3.59. The van der Waals surface area contributed by atoms with E-state index in [-0.39, 0.29) is 42.8 Å². The molecule has 39 heavy (non-hydrogen) atoms. The summed E-state index contributed by atoms with van der Waals surface area (Å²) < 4.78 is 4.84. The molecule has 0 saturated carbocycles. The summed E-state index contributed by atoms with van der Waals surface area (Å²) >= 11 is 1.62. The Morgan fingerprint density at radius 3 is 2.49 bits per heavy atom. The fourth-order valence-corrected chi connectivity index (χ4v) is 8.75. The van der Waals surface area contributed by atoms with Gasteiger partial charge in [-0.25, -0.2) is 0 Å². The molecule has 1 spiro atoms. The van der Waals surface area contributed by atoms with Crippen LogP contribution in [0.4, 0.5) is 11.4 Å². The minimum absolute atomic E-state index is 0.0494. The van der Waals surface area contributed by atoms with E-state index in [1.807, 2.05) is 24.3 Å². The lowest BCUT2D eigenvalue weighted by atomic mass is 9.71. The maximum absolute atomic E-state index is 14.5. The fraction of sp³-hybridized carbons (Fsp3) is 0.567. The van der Waals surface area contributed by atoms with Crippen LogP contribution in [0.2, 0.25) is 0 Å². The average molecular weight is 556 g/mol. The molecule has 0 aromatic heterocycles. The van der Waals surface area contributed by atoms with Crippen LogP contribution in [-0.2, 0) is 19.1 Å². The van der Waals surface area contributed by atoms with Crippen LogP contribution in [-0.4, -0.2) is 83.2 Å². The Hall–Kier alpha value is -2.78. The molecule has 3 fully saturated rings. The van der Waals surface area contributed by atoms with Crippen molar-refractivity contribution in [3.8, 4) is 0 Å². The minimum Gasteiger partial charge on any atom is -0.465 e. The maximum Gasteiger partial charge on any atom is 0.310 e. The number of anilines is 2. The molecule has 4 rings (SSSR count). The van der Waals surface area contributed by atoms with Gasteiger partial charge < -0.3 is 24.5 Å². The van der Waals surface area contributed by atoms with Gasteiger partial charge in [0, 0.05) is 49.4 Å². The quantitative estimate of drug-likeness (QED) is 0.213. The number of thioether (sulfide) groups is 1. The van der Waals surface area contributed by atoms with Gasteiger partial charge in [-0.15, -0.1) is 24.9 Å². The van der Waals surface area contributed by atoms with E-state index in [4.69, 9.17) is 4.74 Å². The van der Waals surface area contributed by atoms with Crippen molar-refractivity contribution >= 4 is 40.9 Å². The van der Waals surface area contributed by atoms with E-state index in [1.54, 1.807) is 33.7 Å². The van der Waals surface area contributed by atoms with Crippen LogP contribution in [0.25, 0.3) is 0 Å². The minimum atomic E-state index is -0.732. The highest BCUT2D eigenvalue weighted by Crippen LogP contribution is 2.66. The van der Waals surface area contributed by atoms with E-state index in [0.717, 1.165) is 30.9 Å². The van der Waals surface area contributed by atoms with Crippen molar-refractivity contribution < 1.29 is 24.2 Å². The third-order valence-electron chi connectivity index (χ3n) is 8.30. The lowest BCUT2D eigenvalue weighted by molar-refractivity contribution is -0.154. The Kier molecular flexibility index (Phi) is 9.43. The number of hydrogen-bond acceptors (Lipinski definition) is 7. The van der Waals surface area contributed by atoms with Gasteiger partial charge in [-0.3, -0.25) is 14.4 Å². The van der Waals surface area contributed by atoms with Gasteiger partial charge in [0.05, 0.1) is 23.2 Å². The van der Waals surface area contributed by atoms with Gasteiger partial charge in [-0.1, -0.05) is 12.2 Å². The predicted octanol–water partition coefficient (Wildman–Crippen LogP) is 3.64. The zero-order valence-electron chi connectivity index (χ0n) is 23.1. The van der Waals surface area contributed by atoms with E-state index in [9.17, 15) is 19.5 Å². The maximum atomic E-state index is 14.5. The molecule has 8 nitrogen and oxygen atoms in total. The van der Waals surface area contributed by atoms with Crippen molar-refractivity contribution in [2.45, 2.75) is 55.6 Å². The van der Waals surface area contributed by atoms with Crippen LogP contribution in [0.1, 0.15) is 39.5 Å². The second-order valence-electron chi connectivity index (χ2n) is 10.3. The van der Waals surface area contributed by atoms with Crippen molar-refractivity contribution in [1.82, 2.24) is 4.90 Å². The van der Waals surface area contributed by atoms with Crippen molar-refractivity contribution in [2.75, 3.05) is 49.2 Å². The first-order chi connectivity index (χ1) is 18.9. The number of amides is 2. The lowest BCUT2D eigenvalue weighted by Crippen LogP contribution is -2.55. The van der Waals surface area contributed by atoms with E-state index >= 15 is 0 Å². The van der Waals surface area contributed by atoms with Gasteiger partial charge in [0.1, 0.15) is 6.04 Å². The normalized spacial score (nSPS) is 26.8. The van der Waals surface area contributed by atoms with Crippen LogP contribution in [0, 0.1) is 11.8 Å².